The summed E-state index contributed by atoms with van der Waals surface area (Å²) < 4.78 is 4.99. The first-order chi connectivity index (χ1) is 6.99. The van der Waals surface area contributed by atoms with E-state index >= 15 is 0 Å². The summed E-state index contributed by atoms with van der Waals surface area (Å²) in [6.45, 7) is 2.71. The predicted molar refractivity (Wildman–Crippen MR) is 59.2 cm³/mol. The maximum Gasteiger partial charge on any atom is 0.287 e. The molecule has 1 atom stereocenters. The third kappa shape index (κ3) is 3.93. The van der Waals surface area contributed by atoms with Gasteiger partial charge in [-0.15, -0.1) is 0 Å². The molecule has 15 heavy (non-hydrogen) atoms. The lowest BCUT2D eigenvalue weighted by atomic mass is 10.3. The standard InChI is InChI=1S/C10H15ClN2O2/c1-7(6-13(2)3)12-10(14)8-4-5-9(11)15-8/h4-5,7H,6H2,1-3H3,(H,12,14). The second-order valence-electron chi connectivity index (χ2n) is 3.74. The van der Waals surface area contributed by atoms with E-state index in [2.05, 4.69) is 5.32 Å². The van der Waals surface area contributed by atoms with E-state index in [1.165, 1.54) is 0 Å². The van der Waals surface area contributed by atoms with Gasteiger partial charge in [-0.2, -0.15) is 0 Å². The van der Waals surface area contributed by atoms with Gasteiger partial charge in [-0.3, -0.25) is 4.79 Å². The minimum Gasteiger partial charge on any atom is -0.440 e. The molecule has 1 N–H and O–H groups in total. The van der Waals surface area contributed by atoms with Gasteiger partial charge in [0.25, 0.3) is 5.91 Å². The van der Waals surface area contributed by atoms with E-state index in [4.69, 9.17) is 16.0 Å². The Labute approximate surface area is 94.2 Å². The number of nitrogens with zero attached hydrogens (tertiary/aromatic N) is 1. The molecule has 1 heterocycles. The molecule has 5 heteroatoms. The molecule has 0 saturated heterocycles. The molecule has 1 unspecified atom stereocenters. The normalized spacial score (nSPS) is 12.9. The van der Waals surface area contributed by atoms with Gasteiger partial charge in [-0.1, -0.05) is 0 Å². The number of hydrogen-bond donors (Lipinski definition) is 1. The fraction of sp³-hybridized carbons (Fsp3) is 0.500. The van der Waals surface area contributed by atoms with E-state index in [-0.39, 0.29) is 22.9 Å². The van der Waals surface area contributed by atoms with Gasteiger partial charge < -0.3 is 14.6 Å². The highest BCUT2D eigenvalue weighted by Gasteiger charge is 2.13. The first-order valence-electron chi connectivity index (χ1n) is 4.70. The Morgan fingerprint density at radius 2 is 2.27 bits per heavy atom. The summed E-state index contributed by atoms with van der Waals surface area (Å²) in [5, 5.41) is 3.03. The molecule has 0 aromatic carbocycles. The third-order valence-electron chi connectivity index (χ3n) is 1.81. The van der Waals surface area contributed by atoms with Crippen molar-refractivity contribution >= 4 is 17.5 Å². The molecular formula is C10H15ClN2O2. The van der Waals surface area contributed by atoms with Crippen LogP contribution < -0.4 is 5.32 Å². The summed E-state index contributed by atoms with van der Waals surface area (Å²) in [5.41, 5.74) is 0. The number of likely N-dealkylation sites (N-methyl/N-ethyl adjacent to an activating group) is 1. The summed E-state index contributed by atoms with van der Waals surface area (Å²) in [4.78, 5) is 13.6. The number of carbonyl (C=O) groups excluding carboxylic acids is 1. The summed E-state index contributed by atoms with van der Waals surface area (Å²) in [6, 6.07) is 3.17. The van der Waals surface area contributed by atoms with E-state index in [0.717, 1.165) is 6.54 Å². The Morgan fingerprint density at radius 3 is 2.73 bits per heavy atom. The monoisotopic (exact) mass is 230 g/mol. The lowest BCUT2D eigenvalue weighted by Crippen LogP contribution is -2.39. The highest BCUT2D eigenvalue weighted by atomic mass is 35.5. The van der Waals surface area contributed by atoms with Crippen LogP contribution in [0.15, 0.2) is 16.5 Å². The number of amides is 1. The first kappa shape index (κ1) is 12.1. The van der Waals surface area contributed by atoms with Crippen LogP contribution in [-0.4, -0.2) is 37.5 Å². The smallest absolute Gasteiger partial charge is 0.287 e. The summed E-state index contributed by atoms with van der Waals surface area (Å²) in [7, 11) is 3.90. The summed E-state index contributed by atoms with van der Waals surface area (Å²) >= 11 is 5.57. The molecule has 1 aromatic rings. The number of furan rings is 1. The summed E-state index contributed by atoms with van der Waals surface area (Å²) in [6.07, 6.45) is 0. The Bertz CT molecular complexity index is 336. The van der Waals surface area contributed by atoms with Crippen LogP contribution in [0.3, 0.4) is 0 Å². The number of carbonyl (C=O) groups is 1. The van der Waals surface area contributed by atoms with Crippen LogP contribution in [0.1, 0.15) is 17.5 Å². The molecule has 0 spiro atoms. The van der Waals surface area contributed by atoms with Crippen molar-refractivity contribution in [2.24, 2.45) is 0 Å². The number of nitrogens with one attached hydrogen (secondary N) is 1. The highest BCUT2D eigenvalue weighted by Crippen LogP contribution is 2.12. The quantitative estimate of drug-likeness (QED) is 0.855. The minimum atomic E-state index is -0.240. The second kappa shape index (κ2) is 5.19. The number of hydrogen-bond acceptors (Lipinski definition) is 3. The van der Waals surface area contributed by atoms with Gasteiger partial charge in [0.2, 0.25) is 0 Å². The molecule has 0 aliphatic carbocycles. The van der Waals surface area contributed by atoms with Gasteiger partial charge in [0.1, 0.15) is 0 Å². The van der Waals surface area contributed by atoms with Crippen molar-refractivity contribution in [1.29, 1.82) is 0 Å². The highest BCUT2D eigenvalue weighted by molar-refractivity contribution is 6.29. The van der Waals surface area contributed by atoms with E-state index in [1.807, 2.05) is 25.9 Å². The summed E-state index contributed by atoms with van der Waals surface area (Å²) in [5.74, 6) is 0.00172. The zero-order valence-electron chi connectivity index (χ0n) is 9.08. The second-order valence-corrected chi connectivity index (χ2v) is 4.11. The van der Waals surface area contributed by atoms with Gasteiger partial charge in [0, 0.05) is 12.6 Å². The molecule has 0 saturated carbocycles. The van der Waals surface area contributed by atoms with Crippen LogP contribution in [0, 0.1) is 0 Å². The Morgan fingerprint density at radius 1 is 1.60 bits per heavy atom. The molecule has 0 aliphatic rings. The molecule has 0 bridgehead atoms. The lowest BCUT2D eigenvalue weighted by Gasteiger charge is -2.17. The fourth-order valence-electron chi connectivity index (χ4n) is 1.32. The van der Waals surface area contributed by atoms with Crippen molar-refractivity contribution in [1.82, 2.24) is 10.2 Å². The van der Waals surface area contributed by atoms with Crippen LogP contribution in [-0.2, 0) is 0 Å². The van der Waals surface area contributed by atoms with Crippen LogP contribution >= 0.6 is 11.6 Å². The van der Waals surface area contributed by atoms with Crippen LogP contribution in [0.5, 0.6) is 0 Å². The first-order valence-corrected chi connectivity index (χ1v) is 5.07. The maximum absolute atomic E-state index is 11.6. The van der Waals surface area contributed by atoms with Gasteiger partial charge in [0.15, 0.2) is 11.0 Å². The number of rotatable bonds is 4. The molecule has 1 rings (SSSR count). The van der Waals surface area contributed by atoms with Gasteiger partial charge >= 0.3 is 0 Å². The Kier molecular flexibility index (Phi) is 4.17. The zero-order valence-corrected chi connectivity index (χ0v) is 9.84. The van der Waals surface area contributed by atoms with Gasteiger partial charge in [0.05, 0.1) is 0 Å². The van der Waals surface area contributed by atoms with Gasteiger partial charge in [-0.25, -0.2) is 0 Å². The molecular weight excluding hydrogens is 216 g/mol. The molecule has 0 fully saturated rings. The largest absolute Gasteiger partial charge is 0.440 e. The van der Waals surface area contributed by atoms with Crippen molar-refractivity contribution in [3.05, 3.63) is 23.1 Å². The minimum absolute atomic E-state index is 0.0661. The average Bonchev–Trinajstić information content (AvgIpc) is 2.49. The molecule has 0 radical (unpaired) electrons. The lowest BCUT2D eigenvalue weighted by molar-refractivity contribution is 0.0906. The number of halogens is 1. The third-order valence-corrected chi connectivity index (χ3v) is 2.02. The van der Waals surface area contributed by atoms with Crippen LogP contribution in [0.4, 0.5) is 0 Å². The van der Waals surface area contributed by atoms with Crippen molar-refractivity contribution in [2.75, 3.05) is 20.6 Å². The average molecular weight is 231 g/mol. The van der Waals surface area contributed by atoms with E-state index in [1.54, 1.807) is 12.1 Å². The molecule has 1 amide bonds. The fourth-order valence-corrected chi connectivity index (χ4v) is 1.47. The van der Waals surface area contributed by atoms with Crippen molar-refractivity contribution in [3.8, 4) is 0 Å². The Balaban J connectivity index is 2.49. The van der Waals surface area contributed by atoms with Crippen LogP contribution in [0.2, 0.25) is 5.22 Å². The molecule has 84 valence electrons. The van der Waals surface area contributed by atoms with Crippen molar-refractivity contribution < 1.29 is 9.21 Å². The topological polar surface area (TPSA) is 45.5 Å². The predicted octanol–water partition coefficient (Wildman–Crippen LogP) is 1.61. The molecule has 0 aliphatic heterocycles. The van der Waals surface area contributed by atoms with E-state index < -0.39 is 0 Å². The SMILES string of the molecule is CC(CN(C)C)NC(=O)c1ccc(Cl)o1. The van der Waals surface area contributed by atoms with E-state index in [9.17, 15) is 4.79 Å². The van der Waals surface area contributed by atoms with E-state index in [0.29, 0.717) is 0 Å². The zero-order chi connectivity index (χ0) is 11.4. The Hall–Kier alpha value is -1.00. The van der Waals surface area contributed by atoms with Crippen molar-refractivity contribution in [2.45, 2.75) is 13.0 Å². The molecule has 4 nitrogen and oxygen atoms in total. The van der Waals surface area contributed by atoms with Gasteiger partial charge in [-0.05, 0) is 44.8 Å². The van der Waals surface area contributed by atoms with Crippen molar-refractivity contribution in [3.63, 3.8) is 0 Å². The van der Waals surface area contributed by atoms with Crippen LogP contribution in [0.25, 0.3) is 0 Å². The maximum atomic E-state index is 11.6. The molecule has 1 aromatic heterocycles.